The third kappa shape index (κ3) is 7.14. The Kier molecular flexibility index (Phi) is 10.1. The van der Waals surface area contributed by atoms with E-state index in [0.29, 0.717) is 21.4 Å². The van der Waals surface area contributed by atoms with Crippen molar-refractivity contribution >= 4 is 50.7 Å². The van der Waals surface area contributed by atoms with E-state index in [2.05, 4.69) is 5.32 Å². The van der Waals surface area contributed by atoms with Crippen LogP contribution in [0.4, 0.5) is 5.69 Å². The number of amides is 2. The van der Waals surface area contributed by atoms with Gasteiger partial charge in [-0.05, 0) is 61.0 Å². The Bertz CT molecular complexity index is 1430. The van der Waals surface area contributed by atoms with Gasteiger partial charge in [-0.15, -0.1) is 0 Å². The number of halogens is 2. The van der Waals surface area contributed by atoms with Crippen molar-refractivity contribution in [3.8, 4) is 11.5 Å². The van der Waals surface area contributed by atoms with E-state index in [1.807, 2.05) is 0 Å². The van der Waals surface area contributed by atoms with Gasteiger partial charge in [-0.25, -0.2) is 8.42 Å². The largest absolute Gasteiger partial charge is 0.493 e. The minimum atomic E-state index is -4.30. The Morgan fingerprint density at radius 3 is 2.18 bits per heavy atom. The van der Waals surface area contributed by atoms with Crippen LogP contribution < -0.4 is 19.1 Å². The molecule has 0 aromatic heterocycles. The molecule has 9 nitrogen and oxygen atoms in total. The monoisotopic (exact) mass is 593 g/mol. The second-order valence-electron chi connectivity index (χ2n) is 8.45. The van der Waals surface area contributed by atoms with Gasteiger partial charge in [0.05, 0.1) is 24.8 Å². The number of methoxy groups -OCH3 is 2. The van der Waals surface area contributed by atoms with E-state index in [0.717, 1.165) is 4.31 Å². The first-order valence-electron chi connectivity index (χ1n) is 11.8. The van der Waals surface area contributed by atoms with Crippen molar-refractivity contribution in [2.75, 3.05) is 32.1 Å². The molecule has 0 saturated carbocycles. The van der Waals surface area contributed by atoms with Crippen molar-refractivity contribution in [2.24, 2.45) is 0 Å². The maximum atomic E-state index is 13.9. The molecule has 0 heterocycles. The lowest BCUT2D eigenvalue weighted by Crippen LogP contribution is -2.50. The smallest absolute Gasteiger partial charge is 0.264 e. The summed E-state index contributed by atoms with van der Waals surface area (Å²) in [6, 6.07) is 16.1. The molecule has 0 fully saturated rings. The lowest BCUT2D eigenvalue weighted by atomic mass is 10.1. The average molecular weight is 595 g/mol. The Morgan fingerprint density at radius 2 is 1.59 bits per heavy atom. The molecule has 0 aliphatic carbocycles. The van der Waals surface area contributed by atoms with Crippen LogP contribution in [0.15, 0.2) is 71.6 Å². The fraction of sp³-hybridized carbons (Fsp3) is 0.259. The molecule has 208 valence electrons. The van der Waals surface area contributed by atoms with Crippen LogP contribution in [-0.4, -0.2) is 59.0 Å². The van der Waals surface area contributed by atoms with Gasteiger partial charge in [-0.1, -0.05) is 35.3 Å². The first-order chi connectivity index (χ1) is 18.5. The number of nitrogens with one attached hydrogen (secondary N) is 1. The summed E-state index contributed by atoms with van der Waals surface area (Å²) in [5.41, 5.74) is 0.880. The Morgan fingerprint density at radius 1 is 0.923 bits per heavy atom. The molecule has 0 spiro atoms. The minimum absolute atomic E-state index is 0.0266. The maximum Gasteiger partial charge on any atom is 0.264 e. The number of ether oxygens (including phenoxy) is 2. The minimum Gasteiger partial charge on any atom is -0.493 e. The Balaban J connectivity index is 2.07. The van der Waals surface area contributed by atoms with Crippen LogP contribution in [0.2, 0.25) is 10.0 Å². The molecule has 3 aromatic carbocycles. The van der Waals surface area contributed by atoms with Crippen molar-refractivity contribution in [1.82, 2.24) is 10.2 Å². The maximum absolute atomic E-state index is 13.9. The van der Waals surface area contributed by atoms with Crippen molar-refractivity contribution in [3.05, 3.63) is 82.3 Å². The van der Waals surface area contributed by atoms with Gasteiger partial charge in [-0.2, -0.15) is 0 Å². The summed E-state index contributed by atoms with van der Waals surface area (Å²) in [6.07, 6.45) is 0. The number of nitrogens with zero attached hydrogens (tertiary/aromatic N) is 2. The highest BCUT2D eigenvalue weighted by atomic mass is 35.5. The summed E-state index contributed by atoms with van der Waals surface area (Å²) >= 11 is 12.2. The second-order valence-corrected chi connectivity index (χ2v) is 11.2. The molecule has 0 saturated heterocycles. The molecule has 1 atom stereocenters. The van der Waals surface area contributed by atoms with Gasteiger partial charge < -0.3 is 19.7 Å². The molecule has 3 aromatic rings. The summed E-state index contributed by atoms with van der Waals surface area (Å²) < 4.78 is 39.3. The molecule has 0 bridgehead atoms. The number of carbonyl (C=O) groups is 2. The van der Waals surface area contributed by atoms with Crippen LogP contribution in [0, 0.1) is 0 Å². The van der Waals surface area contributed by atoms with Gasteiger partial charge in [0.25, 0.3) is 10.0 Å². The van der Waals surface area contributed by atoms with Crippen LogP contribution in [0.25, 0.3) is 0 Å². The lowest BCUT2D eigenvalue weighted by molar-refractivity contribution is -0.139. The number of carbonyl (C=O) groups excluding carboxylic acids is 2. The molecule has 0 unspecified atom stereocenters. The van der Waals surface area contributed by atoms with Crippen LogP contribution in [0.3, 0.4) is 0 Å². The fourth-order valence-corrected chi connectivity index (χ4v) is 5.63. The zero-order chi connectivity index (χ0) is 28.7. The third-order valence-electron chi connectivity index (χ3n) is 5.99. The number of hydrogen-bond acceptors (Lipinski definition) is 6. The molecular weight excluding hydrogens is 565 g/mol. The predicted molar refractivity (Wildman–Crippen MR) is 151 cm³/mol. The van der Waals surface area contributed by atoms with Crippen molar-refractivity contribution in [2.45, 2.75) is 24.4 Å². The van der Waals surface area contributed by atoms with E-state index in [1.54, 1.807) is 31.2 Å². The highest BCUT2D eigenvalue weighted by molar-refractivity contribution is 7.92. The summed E-state index contributed by atoms with van der Waals surface area (Å²) in [4.78, 5) is 27.5. The number of likely N-dealkylation sites (N-methyl/N-ethyl adjacent to an activating group) is 1. The molecule has 12 heteroatoms. The van der Waals surface area contributed by atoms with E-state index >= 15 is 0 Å². The first-order valence-corrected chi connectivity index (χ1v) is 14.0. The molecule has 0 aliphatic rings. The highest BCUT2D eigenvalue weighted by Crippen LogP contribution is 2.32. The first kappa shape index (κ1) is 30.1. The van der Waals surface area contributed by atoms with Gasteiger partial charge in [0, 0.05) is 29.7 Å². The summed E-state index contributed by atoms with van der Waals surface area (Å²) in [5, 5.41) is 3.39. The number of hydrogen-bond donors (Lipinski definition) is 1. The zero-order valence-corrected chi connectivity index (χ0v) is 24.2. The summed E-state index contributed by atoms with van der Waals surface area (Å²) in [7, 11) is -0.00913. The standard InChI is InChI=1S/C27H29Cl2N3O6S/c1-18(27(34)30-2)31(16-19-6-5-7-21(29)14-19)26(33)17-32(22-10-8-20(28)9-11-22)39(35,36)23-12-13-24(37-3)25(15-23)38-4/h5-15,18H,16-17H2,1-4H3,(H,30,34)/t18-/m0/s1. The van der Waals surface area contributed by atoms with E-state index in [9.17, 15) is 18.0 Å². The van der Waals surface area contributed by atoms with Gasteiger partial charge >= 0.3 is 0 Å². The van der Waals surface area contributed by atoms with E-state index in [1.165, 1.54) is 68.6 Å². The van der Waals surface area contributed by atoms with Crippen LogP contribution in [-0.2, 0) is 26.2 Å². The van der Waals surface area contributed by atoms with Crippen LogP contribution in [0.5, 0.6) is 11.5 Å². The van der Waals surface area contributed by atoms with Crippen molar-refractivity contribution in [1.29, 1.82) is 0 Å². The summed E-state index contributed by atoms with van der Waals surface area (Å²) in [5.74, 6) is -0.467. The molecule has 2 amide bonds. The SMILES string of the molecule is CNC(=O)[C@H](C)N(Cc1cccc(Cl)c1)C(=O)CN(c1ccc(Cl)cc1)S(=O)(=O)c1ccc(OC)c(OC)c1. The topological polar surface area (TPSA) is 105 Å². The van der Waals surface area contributed by atoms with E-state index in [-0.39, 0.29) is 22.9 Å². The van der Waals surface area contributed by atoms with Gasteiger partial charge in [0.2, 0.25) is 11.8 Å². The second kappa shape index (κ2) is 13.1. The molecule has 3 rings (SSSR count). The fourth-order valence-electron chi connectivity index (χ4n) is 3.86. The highest BCUT2D eigenvalue weighted by Gasteiger charge is 2.33. The van der Waals surface area contributed by atoms with Crippen LogP contribution >= 0.6 is 23.2 Å². The van der Waals surface area contributed by atoms with Gasteiger partial charge in [0.15, 0.2) is 11.5 Å². The molecule has 1 N–H and O–H groups in total. The third-order valence-corrected chi connectivity index (χ3v) is 8.25. The van der Waals surface area contributed by atoms with Gasteiger partial charge in [0.1, 0.15) is 12.6 Å². The molecule has 0 aliphatic heterocycles. The quantitative estimate of drug-likeness (QED) is 0.354. The van der Waals surface area contributed by atoms with Gasteiger partial charge in [-0.3, -0.25) is 13.9 Å². The predicted octanol–water partition coefficient (Wildman–Crippen LogP) is 4.37. The molecule has 0 radical (unpaired) electrons. The summed E-state index contributed by atoms with van der Waals surface area (Å²) in [6.45, 7) is 0.996. The van der Waals surface area contributed by atoms with E-state index in [4.69, 9.17) is 32.7 Å². The van der Waals surface area contributed by atoms with Crippen molar-refractivity contribution < 1.29 is 27.5 Å². The molecule has 39 heavy (non-hydrogen) atoms. The Labute approximate surface area is 238 Å². The average Bonchev–Trinajstić information content (AvgIpc) is 2.93. The zero-order valence-electron chi connectivity index (χ0n) is 21.9. The van der Waals surface area contributed by atoms with E-state index < -0.39 is 34.4 Å². The number of sulfonamides is 1. The number of anilines is 1. The lowest BCUT2D eigenvalue weighted by Gasteiger charge is -2.32. The van der Waals surface area contributed by atoms with Crippen LogP contribution in [0.1, 0.15) is 12.5 Å². The molecular formula is C27H29Cl2N3O6S. The Hall–Kier alpha value is -3.47. The van der Waals surface area contributed by atoms with Crippen molar-refractivity contribution in [3.63, 3.8) is 0 Å². The number of rotatable bonds is 11. The number of benzene rings is 3. The normalized spacial score (nSPS) is 11.8.